The van der Waals surface area contributed by atoms with Crippen molar-refractivity contribution in [3.8, 4) is 0 Å². The number of hydrogen-bond donors (Lipinski definition) is 0. The van der Waals surface area contributed by atoms with E-state index >= 15 is 0 Å². The fourth-order valence-corrected chi connectivity index (χ4v) is 4.13. The van der Waals surface area contributed by atoms with Crippen molar-refractivity contribution in [1.82, 2.24) is 14.5 Å². The molecule has 0 bridgehead atoms. The lowest BCUT2D eigenvalue weighted by atomic mass is 10.3. The molecule has 0 spiro atoms. The zero-order valence-corrected chi connectivity index (χ0v) is 14.8. The predicted octanol–water partition coefficient (Wildman–Crippen LogP) is 1.60. The van der Waals surface area contributed by atoms with Crippen LogP contribution in [0.5, 0.6) is 0 Å². The molecular formula is C15H19N3O3S2. The van der Waals surface area contributed by atoms with Gasteiger partial charge in [-0.05, 0) is 18.7 Å². The van der Waals surface area contributed by atoms with Crippen molar-refractivity contribution >= 4 is 39.2 Å². The van der Waals surface area contributed by atoms with Crippen LogP contribution in [-0.4, -0.2) is 52.9 Å². The smallest absolute Gasteiger partial charge is 0.263 e. The molecule has 8 heteroatoms. The lowest BCUT2D eigenvalue weighted by Gasteiger charge is -2.27. The Morgan fingerprint density at radius 2 is 2.17 bits per heavy atom. The maximum Gasteiger partial charge on any atom is 0.263 e. The zero-order chi connectivity index (χ0) is 16.4. The number of thioether (sulfide) groups is 1. The van der Waals surface area contributed by atoms with E-state index in [0.29, 0.717) is 36.8 Å². The van der Waals surface area contributed by atoms with Crippen molar-refractivity contribution in [2.75, 3.05) is 32.6 Å². The Bertz CT molecular complexity index is 778. The number of nitrogens with zero attached hydrogens (tertiary/aromatic N) is 3. The Morgan fingerprint density at radius 3 is 2.83 bits per heavy atom. The molecule has 3 heterocycles. The monoisotopic (exact) mass is 353 g/mol. The van der Waals surface area contributed by atoms with E-state index in [-0.39, 0.29) is 18.0 Å². The first-order chi connectivity index (χ1) is 11.1. The molecule has 0 N–H and O–H groups in total. The highest BCUT2D eigenvalue weighted by Crippen LogP contribution is 2.24. The SMILES string of the molecule is CCc1cc2c(=O)n(CC(=O)N3CCOCC3)c(SC)nc2s1. The molecule has 2 aromatic rings. The van der Waals surface area contributed by atoms with Gasteiger partial charge in [0.1, 0.15) is 11.4 Å². The molecule has 23 heavy (non-hydrogen) atoms. The minimum atomic E-state index is -0.128. The number of rotatable bonds is 4. The van der Waals surface area contributed by atoms with Crippen molar-refractivity contribution in [1.29, 1.82) is 0 Å². The first-order valence-corrected chi connectivity index (χ1v) is 9.61. The van der Waals surface area contributed by atoms with E-state index in [1.807, 2.05) is 12.3 Å². The second kappa shape index (κ2) is 7.02. The molecule has 1 aliphatic rings. The van der Waals surface area contributed by atoms with E-state index in [0.717, 1.165) is 16.1 Å². The number of carbonyl (C=O) groups is 1. The largest absolute Gasteiger partial charge is 0.378 e. The Kier molecular flexibility index (Phi) is 5.03. The lowest BCUT2D eigenvalue weighted by Crippen LogP contribution is -2.43. The highest BCUT2D eigenvalue weighted by Gasteiger charge is 2.20. The van der Waals surface area contributed by atoms with E-state index in [9.17, 15) is 9.59 Å². The minimum absolute atomic E-state index is 0.0370. The fraction of sp³-hybridized carbons (Fsp3) is 0.533. The number of ether oxygens (including phenoxy) is 1. The van der Waals surface area contributed by atoms with Crippen LogP contribution in [0.3, 0.4) is 0 Å². The molecule has 0 aromatic carbocycles. The summed E-state index contributed by atoms with van der Waals surface area (Å²) in [6.45, 7) is 4.36. The normalized spacial score (nSPS) is 15.3. The van der Waals surface area contributed by atoms with Gasteiger partial charge in [0.15, 0.2) is 5.16 Å². The van der Waals surface area contributed by atoms with Crippen molar-refractivity contribution in [2.45, 2.75) is 25.0 Å². The van der Waals surface area contributed by atoms with Crippen LogP contribution in [0.2, 0.25) is 0 Å². The maximum absolute atomic E-state index is 12.8. The van der Waals surface area contributed by atoms with E-state index in [4.69, 9.17) is 4.74 Å². The van der Waals surface area contributed by atoms with Gasteiger partial charge < -0.3 is 9.64 Å². The number of thiophene rings is 1. The van der Waals surface area contributed by atoms with Crippen LogP contribution in [0.25, 0.3) is 10.2 Å². The fourth-order valence-electron chi connectivity index (χ4n) is 2.56. The quantitative estimate of drug-likeness (QED) is 0.617. The molecule has 0 radical (unpaired) electrons. The third-order valence-corrected chi connectivity index (χ3v) is 5.71. The average molecular weight is 353 g/mol. The average Bonchev–Trinajstić information content (AvgIpc) is 3.01. The molecular weight excluding hydrogens is 334 g/mol. The van der Waals surface area contributed by atoms with E-state index in [1.54, 1.807) is 16.2 Å². The van der Waals surface area contributed by atoms with E-state index < -0.39 is 0 Å². The van der Waals surface area contributed by atoms with Crippen LogP contribution < -0.4 is 5.56 Å². The molecule has 0 saturated carbocycles. The number of fused-ring (bicyclic) bond motifs is 1. The van der Waals surface area contributed by atoms with Crippen LogP contribution in [0.15, 0.2) is 16.0 Å². The van der Waals surface area contributed by atoms with Crippen LogP contribution in [-0.2, 0) is 22.5 Å². The summed E-state index contributed by atoms with van der Waals surface area (Å²) < 4.78 is 6.76. The highest BCUT2D eigenvalue weighted by molar-refractivity contribution is 7.98. The van der Waals surface area contributed by atoms with Gasteiger partial charge >= 0.3 is 0 Å². The van der Waals surface area contributed by atoms with Crippen molar-refractivity contribution in [2.24, 2.45) is 0 Å². The second-order valence-electron chi connectivity index (χ2n) is 5.27. The lowest BCUT2D eigenvalue weighted by molar-refractivity contribution is -0.136. The van der Waals surface area contributed by atoms with Crippen LogP contribution in [0.1, 0.15) is 11.8 Å². The van der Waals surface area contributed by atoms with E-state index in [1.165, 1.54) is 16.3 Å². The zero-order valence-electron chi connectivity index (χ0n) is 13.2. The van der Waals surface area contributed by atoms with Crippen LogP contribution >= 0.6 is 23.1 Å². The second-order valence-corrected chi connectivity index (χ2v) is 7.16. The molecule has 1 fully saturated rings. The molecule has 124 valence electrons. The van der Waals surface area contributed by atoms with Gasteiger partial charge in [0.2, 0.25) is 5.91 Å². The van der Waals surface area contributed by atoms with Gasteiger partial charge in [-0.25, -0.2) is 4.98 Å². The summed E-state index contributed by atoms with van der Waals surface area (Å²) >= 11 is 2.94. The van der Waals surface area contributed by atoms with Gasteiger partial charge in [-0.2, -0.15) is 0 Å². The minimum Gasteiger partial charge on any atom is -0.378 e. The molecule has 0 atom stereocenters. The van der Waals surface area contributed by atoms with Crippen molar-refractivity contribution < 1.29 is 9.53 Å². The summed E-state index contributed by atoms with van der Waals surface area (Å²) in [4.78, 5) is 33.4. The molecule has 6 nitrogen and oxygen atoms in total. The summed E-state index contributed by atoms with van der Waals surface area (Å²) in [7, 11) is 0. The van der Waals surface area contributed by atoms with Gasteiger partial charge in [0.25, 0.3) is 5.56 Å². The highest BCUT2D eigenvalue weighted by atomic mass is 32.2. The Balaban J connectivity index is 1.96. The summed E-state index contributed by atoms with van der Waals surface area (Å²) in [6.07, 6.45) is 2.75. The molecule has 3 rings (SSSR count). The number of aromatic nitrogens is 2. The topological polar surface area (TPSA) is 64.4 Å². The number of carbonyl (C=O) groups excluding carboxylic acids is 1. The van der Waals surface area contributed by atoms with Gasteiger partial charge in [0.05, 0.1) is 18.6 Å². The standard InChI is InChI=1S/C15H19N3O3S2/c1-3-10-8-11-13(23-10)16-15(22-2)18(14(11)20)9-12(19)17-4-6-21-7-5-17/h8H,3-7,9H2,1-2H3. The summed E-state index contributed by atoms with van der Waals surface area (Å²) in [5, 5.41) is 1.20. The van der Waals surface area contributed by atoms with Crippen LogP contribution in [0.4, 0.5) is 0 Å². The summed E-state index contributed by atoms with van der Waals surface area (Å²) in [5.74, 6) is -0.0576. The molecule has 1 amide bonds. The Hall–Kier alpha value is -1.38. The number of aryl methyl sites for hydroxylation is 1. The van der Waals surface area contributed by atoms with Gasteiger partial charge in [-0.15, -0.1) is 11.3 Å². The molecule has 1 saturated heterocycles. The van der Waals surface area contributed by atoms with Crippen LogP contribution in [0, 0.1) is 0 Å². The Morgan fingerprint density at radius 1 is 1.43 bits per heavy atom. The molecule has 0 aliphatic carbocycles. The number of amides is 1. The number of morpholine rings is 1. The molecule has 1 aliphatic heterocycles. The van der Waals surface area contributed by atoms with Crippen molar-refractivity contribution in [3.63, 3.8) is 0 Å². The van der Waals surface area contributed by atoms with Gasteiger partial charge in [-0.3, -0.25) is 14.2 Å². The first kappa shape index (κ1) is 16.5. The third-order valence-electron chi connectivity index (χ3n) is 3.86. The molecule has 2 aromatic heterocycles. The van der Waals surface area contributed by atoms with E-state index in [2.05, 4.69) is 11.9 Å². The number of hydrogen-bond acceptors (Lipinski definition) is 6. The summed E-state index contributed by atoms with van der Waals surface area (Å²) in [6, 6.07) is 1.90. The maximum atomic E-state index is 12.8. The van der Waals surface area contributed by atoms with Crippen molar-refractivity contribution in [3.05, 3.63) is 21.3 Å². The van der Waals surface area contributed by atoms with Gasteiger partial charge in [0, 0.05) is 18.0 Å². The van der Waals surface area contributed by atoms with Gasteiger partial charge in [-0.1, -0.05) is 18.7 Å². The molecule has 0 unspecified atom stereocenters. The first-order valence-electron chi connectivity index (χ1n) is 7.56. The predicted molar refractivity (Wildman–Crippen MR) is 92.4 cm³/mol. The summed E-state index contributed by atoms with van der Waals surface area (Å²) in [5.41, 5.74) is -0.128. The third kappa shape index (κ3) is 3.29. The Labute approximate surface area is 142 Å².